The second-order valence-electron chi connectivity index (χ2n) is 2.45. The topological polar surface area (TPSA) is 71.8 Å². The molecule has 1 atom stereocenters. The van der Waals surface area contributed by atoms with Crippen molar-refractivity contribution in [1.82, 2.24) is 9.97 Å². The summed E-state index contributed by atoms with van der Waals surface area (Å²) in [6, 6.07) is 1.69. The molecule has 64 valence electrons. The van der Waals surface area contributed by atoms with Gasteiger partial charge in [-0.15, -0.1) is 0 Å². The van der Waals surface area contributed by atoms with Crippen LogP contribution in [-0.4, -0.2) is 15.0 Å². The van der Waals surface area contributed by atoms with Gasteiger partial charge in [0.25, 0.3) is 0 Å². The molecule has 1 rings (SSSR count). The average molecular weight is 183 g/mol. The van der Waals surface area contributed by atoms with Crippen LogP contribution in [0.2, 0.25) is 0 Å². The molecule has 0 aliphatic rings. The fourth-order valence-corrected chi connectivity index (χ4v) is 0.916. The highest BCUT2D eigenvalue weighted by Gasteiger charge is 2.08. The summed E-state index contributed by atoms with van der Waals surface area (Å²) in [6.45, 7) is 1.83. The van der Waals surface area contributed by atoms with Crippen molar-refractivity contribution in [1.29, 1.82) is 0 Å². The zero-order chi connectivity index (χ0) is 9.14. The van der Waals surface area contributed by atoms with Gasteiger partial charge in [0, 0.05) is 17.8 Å². The Hall–Kier alpha value is -1.23. The molecular weight excluding hydrogens is 174 g/mol. The molecule has 3 N–H and O–H groups in total. The van der Waals surface area contributed by atoms with Crippen LogP contribution in [0.25, 0.3) is 0 Å². The first-order valence-corrected chi connectivity index (χ1v) is 3.86. The van der Waals surface area contributed by atoms with E-state index in [2.05, 4.69) is 9.97 Å². The van der Waals surface area contributed by atoms with Gasteiger partial charge in [0.1, 0.15) is 0 Å². The summed E-state index contributed by atoms with van der Waals surface area (Å²) in [4.78, 5) is 17.2. The van der Waals surface area contributed by atoms with E-state index in [1.807, 2.05) is 6.92 Å². The third-order valence-corrected chi connectivity index (χ3v) is 1.94. The number of thiocarbonyl (C=S) groups is 1. The molecule has 0 aromatic carbocycles. The van der Waals surface area contributed by atoms with Crippen LogP contribution in [0, 0.1) is 0 Å². The van der Waals surface area contributed by atoms with Crippen molar-refractivity contribution in [3.8, 4) is 0 Å². The van der Waals surface area contributed by atoms with E-state index in [9.17, 15) is 4.79 Å². The van der Waals surface area contributed by atoms with Crippen LogP contribution in [-0.2, 0) is 0 Å². The summed E-state index contributed by atoms with van der Waals surface area (Å²) < 4.78 is 0. The maximum atomic E-state index is 10.8. The minimum Gasteiger partial charge on any atom is -0.393 e. The van der Waals surface area contributed by atoms with E-state index < -0.39 is 0 Å². The molecule has 0 bridgehead atoms. The Kier molecular flexibility index (Phi) is 2.54. The number of nitrogens with one attached hydrogen (secondary N) is 1. The second kappa shape index (κ2) is 3.44. The summed E-state index contributed by atoms with van der Waals surface area (Å²) >= 11 is 4.78. The minimum absolute atomic E-state index is 0.115. The first kappa shape index (κ1) is 8.86. The average Bonchev–Trinajstić information content (AvgIpc) is 2.03. The first-order valence-electron chi connectivity index (χ1n) is 3.46. The molecule has 0 saturated carbocycles. The van der Waals surface area contributed by atoms with Crippen molar-refractivity contribution in [2.45, 2.75) is 12.8 Å². The van der Waals surface area contributed by atoms with Crippen LogP contribution < -0.4 is 11.4 Å². The van der Waals surface area contributed by atoms with Crippen molar-refractivity contribution in [2.75, 3.05) is 0 Å². The van der Waals surface area contributed by atoms with E-state index in [0.717, 1.165) is 0 Å². The predicted molar refractivity (Wildman–Crippen MR) is 50.1 cm³/mol. The largest absolute Gasteiger partial charge is 0.393 e. The van der Waals surface area contributed by atoms with Gasteiger partial charge in [-0.3, -0.25) is 0 Å². The van der Waals surface area contributed by atoms with E-state index in [1.165, 1.54) is 6.20 Å². The standard InChI is InChI=1S/C7H9N3OS/c1-4(6(8)12)5-2-3-9-7(11)10-5/h2-4H,1H3,(H2,8,12)(H,9,10,11). The van der Waals surface area contributed by atoms with Gasteiger partial charge in [-0.05, 0) is 6.07 Å². The fraction of sp³-hybridized carbons (Fsp3) is 0.286. The van der Waals surface area contributed by atoms with Gasteiger partial charge in [0.2, 0.25) is 0 Å². The summed E-state index contributed by atoms with van der Waals surface area (Å²) in [7, 11) is 0. The third kappa shape index (κ3) is 1.88. The molecule has 1 aromatic heterocycles. The normalized spacial score (nSPS) is 12.4. The van der Waals surface area contributed by atoms with Crippen LogP contribution in [0.15, 0.2) is 17.1 Å². The smallest absolute Gasteiger partial charge is 0.345 e. The molecule has 5 heteroatoms. The zero-order valence-corrected chi connectivity index (χ0v) is 7.39. The van der Waals surface area contributed by atoms with Crippen molar-refractivity contribution < 1.29 is 0 Å². The quantitative estimate of drug-likeness (QED) is 0.641. The lowest BCUT2D eigenvalue weighted by molar-refractivity contribution is 0.906. The highest BCUT2D eigenvalue weighted by atomic mass is 32.1. The summed E-state index contributed by atoms with van der Waals surface area (Å²) in [5.74, 6) is -0.115. The maximum absolute atomic E-state index is 10.8. The molecule has 0 aliphatic carbocycles. The monoisotopic (exact) mass is 183 g/mol. The Morgan fingerprint density at radius 2 is 2.50 bits per heavy atom. The Balaban J connectivity index is 3.03. The van der Waals surface area contributed by atoms with Gasteiger partial charge in [-0.1, -0.05) is 19.1 Å². The Bertz CT molecular complexity index is 347. The first-order chi connectivity index (χ1) is 5.61. The van der Waals surface area contributed by atoms with Gasteiger partial charge in [-0.25, -0.2) is 9.78 Å². The molecule has 0 fully saturated rings. The van der Waals surface area contributed by atoms with E-state index in [0.29, 0.717) is 10.7 Å². The molecule has 12 heavy (non-hydrogen) atoms. The number of aromatic nitrogens is 2. The van der Waals surface area contributed by atoms with Crippen LogP contribution in [0.5, 0.6) is 0 Å². The van der Waals surface area contributed by atoms with Crippen LogP contribution in [0.4, 0.5) is 0 Å². The number of aromatic amines is 1. The Morgan fingerprint density at radius 3 is 3.00 bits per heavy atom. The molecule has 4 nitrogen and oxygen atoms in total. The maximum Gasteiger partial charge on any atom is 0.345 e. The van der Waals surface area contributed by atoms with Crippen LogP contribution in [0.1, 0.15) is 18.5 Å². The van der Waals surface area contributed by atoms with Crippen molar-refractivity contribution in [2.24, 2.45) is 5.73 Å². The van der Waals surface area contributed by atoms with Crippen LogP contribution >= 0.6 is 12.2 Å². The number of nitrogens with two attached hydrogens (primary N) is 1. The second-order valence-corrected chi connectivity index (χ2v) is 2.93. The van der Waals surface area contributed by atoms with Gasteiger partial charge in [-0.2, -0.15) is 0 Å². The summed E-state index contributed by atoms with van der Waals surface area (Å²) in [6.07, 6.45) is 1.43. The number of H-pyrrole nitrogens is 1. The number of hydrogen-bond donors (Lipinski definition) is 2. The van der Waals surface area contributed by atoms with Crippen molar-refractivity contribution >= 4 is 17.2 Å². The van der Waals surface area contributed by atoms with Crippen LogP contribution in [0.3, 0.4) is 0 Å². The molecule has 1 aromatic rings. The SMILES string of the molecule is CC(C(N)=S)c1ccnc(=O)[nH]1. The molecule has 0 spiro atoms. The molecule has 0 aliphatic heterocycles. The highest BCUT2D eigenvalue weighted by molar-refractivity contribution is 7.80. The summed E-state index contributed by atoms with van der Waals surface area (Å²) in [5, 5.41) is 0. The predicted octanol–water partition coefficient (Wildman–Crippen LogP) is 0.160. The lowest BCUT2D eigenvalue weighted by atomic mass is 10.1. The van der Waals surface area contributed by atoms with Gasteiger partial charge in [0.15, 0.2) is 0 Å². The summed E-state index contributed by atoms with van der Waals surface area (Å²) in [5.41, 5.74) is 5.72. The molecular formula is C7H9N3OS. The Labute approximate surface area is 74.8 Å². The number of hydrogen-bond acceptors (Lipinski definition) is 3. The van der Waals surface area contributed by atoms with Gasteiger partial charge in [0.05, 0.1) is 4.99 Å². The van der Waals surface area contributed by atoms with Gasteiger partial charge < -0.3 is 10.7 Å². The van der Waals surface area contributed by atoms with E-state index in [-0.39, 0.29) is 11.6 Å². The van der Waals surface area contributed by atoms with Crippen molar-refractivity contribution in [3.63, 3.8) is 0 Å². The molecule has 1 unspecified atom stereocenters. The molecule has 0 amide bonds. The molecule has 1 heterocycles. The van der Waals surface area contributed by atoms with Gasteiger partial charge >= 0.3 is 5.69 Å². The van der Waals surface area contributed by atoms with Crippen molar-refractivity contribution in [3.05, 3.63) is 28.4 Å². The number of rotatable bonds is 2. The zero-order valence-electron chi connectivity index (χ0n) is 6.57. The molecule has 0 radical (unpaired) electrons. The molecule has 0 saturated heterocycles. The third-order valence-electron chi connectivity index (χ3n) is 1.59. The minimum atomic E-state index is -0.379. The lowest BCUT2D eigenvalue weighted by Crippen LogP contribution is -2.21. The Morgan fingerprint density at radius 1 is 1.83 bits per heavy atom. The number of nitrogens with zero attached hydrogens (tertiary/aromatic N) is 1. The lowest BCUT2D eigenvalue weighted by Gasteiger charge is -2.07. The fourth-order valence-electron chi connectivity index (χ4n) is 0.789. The van der Waals surface area contributed by atoms with E-state index in [1.54, 1.807) is 6.07 Å². The highest BCUT2D eigenvalue weighted by Crippen LogP contribution is 2.09. The van der Waals surface area contributed by atoms with E-state index >= 15 is 0 Å². The van der Waals surface area contributed by atoms with E-state index in [4.69, 9.17) is 18.0 Å².